The summed E-state index contributed by atoms with van der Waals surface area (Å²) in [6.45, 7) is 0.949. The number of likely N-dealkylation sites (tertiary alicyclic amines) is 1. The number of rotatable bonds is 7. The quantitative estimate of drug-likeness (QED) is 0.561. The van der Waals surface area contributed by atoms with Crippen LogP contribution in [0.25, 0.3) is 11.3 Å². The van der Waals surface area contributed by atoms with Crippen molar-refractivity contribution >= 4 is 39.1 Å². The van der Waals surface area contributed by atoms with E-state index in [1.807, 2.05) is 36.5 Å². The zero-order chi connectivity index (χ0) is 22.0. The monoisotopic (exact) mass is 479 g/mol. The molecule has 1 aliphatic heterocycles. The Balaban J connectivity index is 1.28. The highest BCUT2D eigenvalue weighted by Gasteiger charge is 2.32. The van der Waals surface area contributed by atoms with Crippen molar-refractivity contribution in [2.75, 3.05) is 19.6 Å². The van der Waals surface area contributed by atoms with E-state index in [-0.39, 0.29) is 39.9 Å². The molecule has 11 heteroatoms. The van der Waals surface area contributed by atoms with E-state index in [0.717, 1.165) is 11.3 Å². The topological polar surface area (TPSA) is 97.2 Å². The van der Waals surface area contributed by atoms with Gasteiger partial charge in [-0.1, -0.05) is 64.8 Å². The van der Waals surface area contributed by atoms with E-state index in [2.05, 4.69) is 15.0 Å². The number of nitrogens with zero attached hydrogens (tertiary/aromatic N) is 4. The largest absolute Gasteiger partial charge is 0.338 e. The molecule has 162 valence electrons. The summed E-state index contributed by atoms with van der Waals surface area (Å²) in [5.74, 6) is -0.146. The van der Waals surface area contributed by atoms with Gasteiger partial charge >= 0.3 is 0 Å². The average Bonchev–Trinajstić information content (AvgIpc) is 3.17. The molecule has 1 fully saturated rings. The third-order valence-corrected chi connectivity index (χ3v) is 7.40. The molecule has 31 heavy (non-hydrogen) atoms. The number of amides is 1. The Morgan fingerprint density at radius 3 is 2.42 bits per heavy atom. The van der Waals surface area contributed by atoms with E-state index >= 15 is 0 Å². The fraction of sp³-hybridized carbons (Fsp3) is 0.250. The SMILES string of the molecule is O=C(CCNS(=O)(=O)c1c(Cl)cccc1Cl)N1CC(n2cc(-c3ccccc3)nn2)C1. The maximum atomic E-state index is 12.4. The summed E-state index contributed by atoms with van der Waals surface area (Å²) in [4.78, 5) is 13.9. The van der Waals surface area contributed by atoms with Crippen LogP contribution in [0, 0.1) is 0 Å². The molecule has 2 aromatic carbocycles. The average molecular weight is 480 g/mol. The molecule has 2 heterocycles. The summed E-state index contributed by atoms with van der Waals surface area (Å²) in [5, 5.41) is 8.41. The molecule has 0 aliphatic carbocycles. The number of hydrogen-bond donors (Lipinski definition) is 1. The number of hydrogen-bond acceptors (Lipinski definition) is 5. The first-order chi connectivity index (χ1) is 14.8. The molecule has 0 unspecified atom stereocenters. The fourth-order valence-corrected chi connectivity index (χ4v) is 5.46. The van der Waals surface area contributed by atoms with Gasteiger partial charge in [-0.3, -0.25) is 4.79 Å². The molecule has 0 spiro atoms. The first-order valence-corrected chi connectivity index (χ1v) is 11.8. The number of aromatic nitrogens is 3. The van der Waals surface area contributed by atoms with Crippen LogP contribution in [-0.2, 0) is 14.8 Å². The van der Waals surface area contributed by atoms with Crippen LogP contribution in [0.15, 0.2) is 59.6 Å². The van der Waals surface area contributed by atoms with Crippen LogP contribution in [0.1, 0.15) is 12.5 Å². The molecular formula is C20H19Cl2N5O3S. The van der Waals surface area contributed by atoms with Crippen molar-refractivity contribution in [2.24, 2.45) is 0 Å². The van der Waals surface area contributed by atoms with Crippen molar-refractivity contribution in [1.82, 2.24) is 24.6 Å². The molecule has 1 N–H and O–H groups in total. The normalized spacial score (nSPS) is 14.5. The molecule has 1 amide bonds. The van der Waals surface area contributed by atoms with Crippen LogP contribution in [-0.4, -0.2) is 53.9 Å². The molecule has 8 nitrogen and oxygen atoms in total. The first-order valence-electron chi connectivity index (χ1n) is 9.54. The molecule has 1 saturated heterocycles. The standard InChI is InChI=1S/C20H19Cl2N5O3S/c21-16-7-4-8-17(22)20(16)31(29,30)23-10-9-19(28)26-11-15(12-26)27-13-18(24-25-27)14-5-2-1-3-6-14/h1-8,13,15,23H,9-12H2. The Hall–Kier alpha value is -2.46. The van der Waals surface area contributed by atoms with Crippen LogP contribution in [0.3, 0.4) is 0 Å². The smallest absolute Gasteiger partial charge is 0.243 e. The Morgan fingerprint density at radius 1 is 1.06 bits per heavy atom. The number of halogens is 2. The molecule has 0 bridgehead atoms. The summed E-state index contributed by atoms with van der Waals surface area (Å²) < 4.78 is 29.0. The zero-order valence-corrected chi connectivity index (χ0v) is 18.6. The van der Waals surface area contributed by atoms with Crippen molar-refractivity contribution in [2.45, 2.75) is 17.4 Å². The lowest BCUT2D eigenvalue weighted by Crippen LogP contribution is -2.51. The van der Waals surface area contributed by atoms with E-state index in [9.17, 15) is 13.2 Å². The maximum Gasteiger partial charge on any atom is 0.243 e. The summed E-state index contributed by atoms with van der Waals surface area (Å²) in [7, 11) is -3.92. The summed E-state index contributed by atoms with van der Waals surface area (Å²) in [6, 6.07) is 14.2. The van der Waals surface area contributed by atoms with E-state index in [4.69, 9.17) is 23.2 Å². The fourth-order valence-electron chi connectivity index (χ4n) is 3.28. The third kappa shape index (κ3) is 4.74. The number of benzene rings is 2. The lowest BCUT2D eigenvalue weighted by atomic mass is 10.1. The molecular weight excluding hydrogens is 461 g/mol. The van der Waals surface area contributed by atoms with Gasteiger partial charge in [0.15, 0.2) is 0 Å². The minimum absolute atomic E-state index is 0.0274. The molecule has 3 aromatic rings. The van der Waals surface area contributed by atoms with Gasteiger partial charge in [0.25, 0.3) is 0 Å². The van der Waals surface area contributed by atoms with Crippen LogP contribution < -0.4 is 4.72 Å². The number of carbonyl (C=O) groups excluding carboxylic acids is 1. The van der Waals surface area contributed by atoms with Gasteiger partial charge in [-0.25, -0.2) is 17.8 Å². The minimum atomic E-state index is -3.92. The van der Waals surface area contributed by atoms with Crippen LogP contribution in [0.2, 0.25) is 10.0 Å². The van der Waals surface area contributed by atoms with Crippen LogP contribution in [0.5, 0.6) is 0 Å². The molecule has 0 saturated carbocycles. The van der Waals surface area contributed by atoms with Crippen molar-refractivity contribution in [1.29, 1.82) is 0 Å². The Kier molecular flexibility index (Phi) is 6.29. The highest BCUT2D eigenvalue weighted by atomic mass is 35.5. The molecule has 1 aromatic heterocycles. The number of sulfonamides is 1. The highest BCUT2D eigenvalue weighted by molar-refractivity contribution is 7.89. The summed E-state index contributed by atoms with van der Waals surface area (Å²) >= 11 is 11.9. The molecule has 0 radical (unpaired) electrons. The van der Waals surface area contributed by atoms with E-state index < -0.39 is 10.0 Å². The predicted octanol–water partition coefficient (Wildman–Crippen LogP) is 3.00. The summed E-state index contributed by atoms with van der Waals surface area (Å²) in [6.07, 6.45) is 1.89. The van der Waals surface area contributed by atoms with Crippen molar-refractivity contribution in [3.8, 4) is 11.3 Å². The second-order valence-electron chi connectivity index (χ2n) is 7.10. The van der Waals surface area contributed by atoms with Gasteiger partial charge in [-0.05, 0) is 12.1 Å². The van der Waals surface area contributed by atoms with Gasteiger partial charge in [0, 0.05) is 31.6 Å². The molecule has 4 rings (SSSR count). The van der Waals surface area contributed by atoms with Gasteiger partial charge in [0.05, 0.1) is 22.3 Å². The van der Waals surface area contributed by atoms with Crippen molar-refractivity contribution in [3.05, 3.63) is 64.8 Å². The number of carbonyl (C=O) groups is 1. The molecule has 0 atom stereocenters. The van der Waals surface area contributed by atoms with Gasteiger partial charge in [-0.2, -0.15) is 0 Å². The summed E-state index contributed by atoms with van der Waals surface area (Å²) in [5.41, 5.74) is 1.75. The minimum Gasteiger partial charge on any atom is -0.338 e. The van der Waals surface area contributed by atoms with E-state index in [1.54, 1.807) is 15.6 Å². The zero-order valence-electron chi connectivity index (χ0n) is 16.3. The van der Waals surface area contributed by atoms with E-state index in [1.165, 1.54) is 12.1 Å². The Labute approximate surface area is 189 Å². The first kappa shape index (κ1) is 21.8. The lowest BCUT2D eigenvalue weighted by molar-refractivity contribution is -0.137. The van der Waals surface area contributed by atoms with Crippen LogP contribution >= 0.6 is 23.2 Å². The van der Waals surface area contributed by atoms with Crippen molar-refractivity contribution in [3.63, 3.8) is 0 Å². The van der Waals surface area contributed by atoms with Gasteiger partial charge < -0.3 is 4.90 Å². The highest BCUT2D eigenvalue weighted by Crippen LogP contribution is 2.29. The molecule has 1 aliphatic rings. The second-order valence-corrected chi connectivity index (χ2v) is 9.62. The van der Waals surface area contributed by atoms with E-state index in [0.29, 0.717) is 13.1 Å². The van der Waals surface area contributed by atoms with Crippen molar-refractivity contribution < 1.29 is 13.2 Å². The Bertz CT molecular complexity index is 1170. The van der Waals surface area contributed by atoms with Gasteiger partial charge in [0.2, 0.25) is 15.9 Å². The van der Waals surface area contributed by atoms with Crippen LogP contribution in [0.4, 0.5) is 0 Å². The van der Waals surface area contributed by atoms with Gasteiger partial charge in [-0.15, -0.1) is 5.10 Å². The lowest BCUT2D eigenvalue weighted by Gasteiger charge is -2.38. The predicted molar refractivity (Wildman–Crippen MR) is 117 cm³/mol. The third-order valence-electron chi connectivity index (χ3n) is 4.99. The van der Waals surface area contributed by atoms with Gasteiger partial charge in [0.1, 0.15) is 10.6 Å². The Morgan fingerprint density at radius 2 is 1.74 bits per heavy atom. The second kappa shape index (κ2) is 8.96. The number of nitrogens with one attached hydrogen (secondary N) is 1. The maximum absolute atomic E-state index is 12.4.